The number of thioether (sulfide) groups is 1. The summed E-state index contributed by atoms with van der Waals surface area (Å²) >= 11 is 1.21. The van der Waals surface area contributed by atoms with E-state index < -0.39 is 9.84 Å². The Bertz CT molecular complexity index is 568. The summed E-state index contributed by atoms with van der Waals surface area (Å²) in [5.74, 6) is 0. The molecule has 2 rings (SSSR count). The molecule has 0 fully saturated rings. The zero-order chi connectivity index (χ0) is 12.1. The normalized spacial score (nSPS) is 10.7. The van der Waals surface area contributed by atoms with Crippen LogP contribution in [-0.4, -0.2) is 8.42 Å². The van der Waals surface area contributed by atoms with Crippen molar-refractivity contribution >= 4 is 21.6 Å². The van der Waals surface area contributed by atoms with E-state index in [2.05, 4.69) is 0 Å². The molecule has 5 heteroatoms. The monoisotopic (exact) mass is 270 g/mol. The molecule has 0 spiro atoms. The average Bonchev–Trinajstić information content (AvgIpc) is 2.39. The zero-order valence-electron chi connectivity index (χ0n) is 9.98. The number of hydrogen-bond acceptors (Lipinski definition) is 3. The molecule has 0 aliphatic carbocycles. The minimum Gasteiger partial charge on any atom is -0.300 e. The number of benzene rings is 2. The fraction of sp³-hybridized carbons (Fsp3) is 0. The van der Waals surface area contributed by atoms with Gasteiger partial charge in [-0.25, -0.2) is 0 Å². The van der Waals surface area contributed by atoms with E-state index in [0.29, 0.717) is 4.90 Å². The number of hydrogen-bond donors (Lipinski definition) is 0. The van der Waals surface area contributed by atoms with Gasteiger partial charge in [0.2, 0.25) is 0 Å². The van der Waals surface area contributed by atoms with Crippen molar-refractivity contribution in [3.8, 4) is 0 Å². The van der Waals surface area contributed by atoms with Gasteiger partial charge in [-0.1, -0.05) is 48.5 Å². The first kappa shape index (κ1) is 15.4. The summed E-state index contributed by atoms with van der Waals surface area (Å²) in [6, 6.07) is 17.8. The molecule has 0 heterocycles. The predicted molar refractivity (Wildman–Crippen MR) is 70.2 cm³/mol. The van der Waals surface area contributed by atoms with Crippen molar-refractivity contribution in [3.05, 3.63) is 65.7 Å². The van der Waals surface area contributed by atoms with E-state index in [1.54, 1.807) is 30.3 Å². The molecule has 0 saturated heterocycles. The molecule has 0 saturated carbocycles. The Hall–Kier alpha value is -0.663. The maximum atomic E-state index is 11.9. The SMILES string of the molecule is O=S(=O)([CH-]Sc1ccccc1)c1ccccc1.[Li+]. The van der Waals surface area contributed by atoms with Gasteiger partial charge in [-0.05, 0) is 17.0 Å². The summed E-state index contributed by atoms with van der Waals surface area (Å²) in [6.45, 7) is 0. The maximum absolute atomic E-state index is 11.9. The van der Waals surface area contributed by atoms with Crippen molar-refractivity contribution in [1.29, 1.82) is 0 Å². The van der Waals surface area contributed by atoms with Crippen molar-refractivity contribution in [3.63, 3.8) is 0 Å². The van der Waals surface area contributed by atoms with E-state index in [9.17, 15) is 8.42 Å². The van der Waals surface area contributed by atoms with E-state index in [1.165, 1.54) is 16.8 Å². The molecule has 18 heavy (non-hydrogen) atoms. The van der Waals surface area contributed by atoms with Crippen LogP contribution in [0, 0.1) is 5.08 Å². The Morgan fingerprint density at radius 1 is 0.833 bits per heavy atom. The van der Waals surface area contributed by atoms with Crippen LogP contribution in [0.4, 0.5) is 0 Å². The first-order valence-electron chi connectivity index (χ1n) is 5.03. The summed E-state index contributed by atoms with van der Waals surface area (Å²) in [5.41, 5.74) is 0. The molecule has 0 unspecified atom stereocenters. The summed E-state index contributed by atoms with van der Waals surface area (Å²) in [5, 5.41) is 1.28. The Labute approximate surface area is 124 Å². The molecule has 0 radical (unpaired) electrons. The van der Waals surface area contributed by atoms with Crippen LogP contribution in [0.5, 0.6) is 0 Å². The van der Waals surface area contributed by atoms with Crippen molar-refractivity contribution in [1.82, 2.24) is 0 Å². The van der Waals surface area contributed by atoms with Gasteiger partial charge in [0.25, 0.3) is 0 Å². The van der Waals surface area contributed by atoms with Crippen molar-refractivity contribution in [2.45, 2.75) is 9.79 Å². The Kier molecular flexibility index (Phi) is 6.04. The van der Waals surface area contributed by atoms with Gasteiger partial charge in [0, 0.05) is 4.90 Å². The van der Waals surface area contributed by atoms with Gasteiger partial charge in [0.15, 0.2) is 0 Å². The van der Waals surface area contributed by atoms with E-state index in [4.69, 9.17) is 0 Å². The van der Waals surface area contributed by atoms with Gasteiger partial charge < -0.3 is 11.8 Å². The molecule has 0 bridgehead atoms. The van der Waals surface area contributed by atoms with Gasteiger partial charge >= 0.3 is 18.9 Å². The first-order chi connectivity index (χ1) is 8.18. The van der Waals surface area contributed by atoms with Crippen LogP contribution in [0.15, 0.2) is 70.5 Å². The largest absolute Gasteiger partial charge is 1.00 e. The molecule has 0 N–H and O–H groups in total. The molecular formula is C13H11LiO2S2. The Morgan fingerprint density at radius 3 is 1.89 bits per heavy atom. The summed E-state index contributed by atoms with van der Waals surface area (Å²) in [4.78, 5) is 1.23. The van der Waals surface area contributed by atoms with E-state index in [-0.39, 0.29) is 18.9 Å². The molecule has 0 aliphatic rings. The summed E-state index contributed by atoms with van der Waals surface area (Å²) in [7, 11) is -3.32. The maximum Gasteiger partial charge on any atom is 1.00 e. The fourth-order valence-corrected chi connectivity index (χ4v) is 3.53. The third-order valence-corrected chi connectivity index (χ3v) is 5.00. The van der Waals surface area contributed by atoms with E-state index in [1.807, 2.05) is 30.3 Å². The second-order valence-electron chi connectivity index (χ2n) is 3.39. The van der Waals surface area contributed by atoms with Crippen LogP contribution in [0.1, 0.15) is 0 Å². The van der Waals surface area contributed by atoms with Crippen LogP contribution >= 0.6 is 11.8 Å². The molecular weight excluding hydrogens is 259 g/mol. The Morgan fingerprint density at radius 2 is 1.33 bits per heavy atom. The van der Waals surface area contributed by atoms with Crippen LogP contribution in [0.2, 0.25) is 0 Å². The zero-order valence-corrected chi connectivity index (χ0v) is 11.6. The molecule has 2 nitrogen and oxygen atoms in total. The van der Waals surface area contributed by atoms with Crippen LogP contribution < -0.4 is 18.9 Å². The van der Waals surface area contributed by atoms with Gasteiger partial charge in [0.05, 0.1) is 9.84 Å². The number of sulfone groups is 1. The second kappa shape index (κ2) is 7.06. The van der Waals surface area contributed by atoms with Crippen molar-refractivity contribution in [2.75, 3.05) is 0 Å². The third-order valence-electron chi connectivity index (χ3n) is 2.13. The van der Waals surface area contributed by atoms with Crippen LogP contribution in [0.3, 0.4) is 0 Å². The molecule has 2 aromatic rings. The summed E-state index contributed by atoms with van der Waals surface area (Å²) in [6.07, 6.45) is 0. The molecule has 0 aromatic heterocycles. The molecule has 0 amide bonds. The molecule has 2 aromatic carbocycles. The molecule has 0 atom stereocenters. The molecule has 0 aliphatic heterocycles. The van der Waals surface area contributed by atoms with Gasteiger partial charge in [-0.15, -0.1) is 5.08 Å². The van der Waals surface area contributed by atoms with Crippen LogP contribution in [0.25, 0.3) is 0 Å². The van der Waals surface area contributed by atoms with E-state index >= 15 is 0 Å². The Balaban J connectivity index is 0.00000162. The second-order valence-corrected chi connectivity index (χ2v) is 6.42. The van der Waals surface area contributed by atoms with Gasteiger partial charge in [-0.3, -0.25) is 8.42 Å². The fourth-order valence-electron chi connectivity index (χ4n) is 1.28. The summed E-state index contributed by atoms with van der Waals surface area (Å²) < 4.78 is 23.9. The predicted octanol–water partition coefficient (Wildman–Crippen LogP) is 0.376. The van der Waals surface area contributed by atoms with E-state index in [0.717, 1.165) is 4.90 Å². The first-order valence-corrected chi connectivity index (χ1v) is 7.46. The topological polar surface area (TPSA) is 34.1 Å². The van der Waals surface area contributed by atoms with Crippen LogP contribution in [-0.2, 0) is 9.84 Å². The third kappa shape index (κ3) is 4.22. The number of rotatable bonds is 4. The minimum absolute atomic E-state index is 0. The smallest absolute Gasteiger partial charge is 0.300 e. The van der Waals surface area contributed by atoms with Crippen molar-refractivity contribution in [2.24, 2.45) is 0 Å². The van der Waals surface area contributed by atoms with Gasteiger partial charge in [-0.2, -0.15) is 0 Å². The van der Waals surface area contributed by atoms with Crippen molar-refractivity contribution < 1.29 is 27.3 Å². The minimum atomic E-state index is -3.32. The quantitative estimate of drug-likeness (QED) is 0.457. The molecule has 88 valence electrons. The average molecular weight is 270 g/mol. The standard InChI is InChI=1S/C13H11O2S2.Li/c14-17(15,13-9-5-2-6-10-13)11-16-12-7-3-1-4-8-12;/h1-11H;/q-1;+1. The van der Waals surface area contributed by atoms with Gasteiger partial charge in [0.1, 0.15) is 0 Å².